The third-order valence-electron chi connectivity index (χ3n) is 9.29. The normalized spacial score (nSPS) is 12.6. The van der Waals surface area contributed by atoms with Gasteiger partial charge in [0.05, 0.1) is 4.92 Å². The number of anilines is 3. The van der Waals surface area contributed by atoms with Gasteiger partial charge in [0, 0.05) is 108 Å². The molecule has 2 N–H and O–H groups in total. The first-order valence-electron chi connectivity index (χ1n) is 17.7. The van der Waals surface area contributed by atoms with Crippen LogP contribution in [0.1, 0.15) is 84.7 Å². The molecule has 0 saturated carbocycles. The number of aryl methyl sites for hydroxylation is 3. The van der Waals surface area contributed by atoms with Gasteiger partial charge in [0.25, 0.3) is 17.6 Å². The van der Waals surface area contributed by atoms with Gasteiger partial charge in [-0.15, -0.1) is 0 Å². The molecule has 0 radical (unpaired) electrons. The SMILES string of the molecule is BrBr.CC(=O)N1CCc2c(C)c(Br)c(C)c([N+](=O)[O-])c21.CC(=O)N1CCc2c(C)cc(C)cc21.CC(=O)N1CCc2c1cc(C)c(Br)c2C.CC(=O)O.CC(=O)O. The molecule has 3 aliphatic heterocycles. The summed E-state index contributed by atoms with van der Waals surface area (Å²) in [6, 6.07) is 6.39. The highest BCUT2D eigenvalue weighted by Crippen LogP contribution is 2.45. The predicted molar refractivity (Wildman–Crippen MR) is 239 cm³/mol. The lowest BCUT2D eigenvalue weighted by molar-refractivity contribution is -0.384. The molecule has 0 bridgehead atoms. The second kappa shape index (κ2) is 23.1. The minimum Gasteiger partial charge on any atom is -0.481 e. The highest BCUT2D eigenvalue weighted by Gasteiger charge is 2.35. The standard InChI is InChI=1S/C12H13BrN2O3.C12H14BrNO.C12H15NO.2C2H4O2.Br2/c1-6-9-4-5-14(8(3)16)12(9)11(15(17)18)7(2)10(6)13;1-7-6-11-10(8(2)12(7)13)4-5-14(11)9(3)15;1-8-6-9(2)11-4-5-13(10(3)14)12(11)7-8;2*1-2(3)4;1-2/h4-5H2,1-3H3;6H,4-5H2,1-3H3;6-7H,4-5H2,1-3H3;2*1H3,(H,3,4);. The van der Waals surface area contributed by atoms with Crippen molar-refractivity contribution < 1.29 is 39.1 Å². The topological polar surface area (TPSA) is 179 Å². The lowest BCUT2D eigenvalue weighted by atomic mass is 10.0. The lowest BCUT2D eigenvalue weighted by Crippen LogP contribution is -2.26. The van der Waals surface area contributed by atoms with E-state index in [1.54, 1.807) is 20.8 Å². The van der Waals surface area contributed by atoms with Gasteiger partial charge in [-0.25, -0.2) is 0 Å². The molecule has 0 aromatic heterocycles. The van der Waals surface area contributed by atoms with Crippen LogP contribution in [-0.4, -0.2) is 64.4 Å². The summed E-state index contributed by atoms with van der Waals surface area (Å²) in [7, 11) is 0. The zero-order chi connectivity index (χ0) is 44.2. The summed E-state index contributed by atoms with van der Waals surface area (Å²) in [5.41, 5.74) is 12.8. The van der Waals surface area contributed by atoms with E-state index in [0.29, 0.717) is 24.2 Å². The number of carboxylic acid groups (broad SMARTS) is 2. The number of benzene rings is 3. The molecule has 0 spiro atoms. The molecular formula is C40H50Br4N4O9. The Morgan fingerprint density at radius 1 is 0.596 bits per heavy atom. The number of fused-ring (bicyclic) bond motifs is 3. The van der Waals surface area contributed by atoms with E-state index < -0.39 is 16.9 Å². The maximum atomic E-state index is 11.6. The van der Waals surface area contributed by atoms with Gasteiger partial charge in [0.15, 0.2) is 0 Å². The number of nitro benzene ring substituents is 1. The van der Waals surface area contributed by atoms with Gasteiger partial charge in [0.1, 0.15) is 5.69 Å². The Hall–Kier alpha value is -3.67. The third-order valence-corrected chi connectivity index (χ3v) is 11.7. The molecule has 0 fully saturated rings. The number of carbonyl (C=O) groups is 5. The molecule has 17 heteroatoms. The Kier molecular flexibility index (Phi) is 20.8. The van der Waals surface area contributed by atoms with Crippen LogP contribution < -0.4 is 14.7 Å². The van der Waals surface area contributed by atoms with Crippen LogP contribution in [0.5, 0.6) is 0 Å². The summed E-state index contributed by atoms with van der Waals surface area (Å²) in [5, 5.41) is 26.1. The quantitative estimate of drug-likeness (QED) is 0.177. The van der Waals surface area contributed by atoms with E-state index in [9.17, 15) is 24.5 Å². The number of halogens is 4. The number of amides is 3. The van der Waals surface area contributed by atoms with Crippen LogP contribution in [0, 0.1) is 51.7 Å². The fourth-order valence-corrected chi connectivity index (χ4v) is 7.68. The van der Waals surface area contributed by atoms with E-state index in [2.05, 4.69) is 106 Å². The number of nitrogens with zero attached hydrogens (tertiary/aromatic N) is 4. The lowest BCUT2D eigenvalue weighted by Gasteiger charge is -2.17. The van der Waals surface area contributed by atoms with Crippen LogP contribution >= 0.6 is 60.1 Å². The number of rotatable bonds is 1. The van der Waals surface area contributed by atoms with Gasteiger partial charge in [-0.05, 0) is 133 Å². The summed E-state index contributed by atoms with van der Waals surface area (Å²) in [4.78, 5) is 68.5. The summed E-state index contributed by atoms with van der Waals surface area (Å²) >= 11 is 12.5. The van der Waals surface area contributed by atoms with Crippen LogP contribution in [0.25, 0.3) is 0 Å². The fourth-order valence-electron chi connectivity index (χ4n) is 6.90. The number of nitro groups is 1. The van der Waals surface area contributed by atoms with Crippen LogP contribution in [0.3, 0.4) is 0 Å². The van der Waals surface area contributed by atoms with Crippen molar-refractivity contribution in [1.29, 1.82) is 0 Å². The number of carbonyl (C=O) groups excluding carboxylic acids is 3. The third kappa shape index (κ3) is 13.4. The van der Waals surface area contributed by atoms with E-state index >= 15 is 0 Å². The average molecular weight is 1050 g/mol. The van der Waals surface area contributed by atoms with Gasteiger partial charge in [-0.3, -0.25) is 34.1 Å². The van der Waals surface area contributed by atoms with Crippen LogP contribution in [0.2, 0.25) is 0 Å². The summed E-state index contributed by atoms with van der Waals surface area (Å²) in [5.74, 6) is -1.54. The van der Waals surface area contributed by atoms with E-state index in [1.165, 1.54) is 49.7 Å². The van der Waals surface area contributed by atoms with Gasteiger partial charge < -0.3 is 24.9 Å². The number of carboxylic acids is 2. The highest BCUT2D eigenvalue weighted by molar-refractivity contribution is 9.93. The molecule has 0 atom stereocenters. The molecule has 0 saturated heterocycles. The molecule has 0 aliphatic carbocycles. The van der Waals surface area contributed by atoms with Crippen molar-refractivity contribution in [2.24, 2.45) is 0 Å². The van der Waals surface area contributed by atoms with Crippen LogP contribution in [0.4, 0.5) is 22.7 Å². The smallest absolute Gasteiger partial charge is 0.300 e. The highest BCUT2D eigenvalue weighted by atomic mass is 80.9. The molecule has 13 nitrogen and oxygen atoms in total. The Labute approximate surface area is 366 Å². The second-order valence-electron chi connectivity index (χ2n) is 13.5. The van der Waals surface area contributed by atoms with Crippen molar-refractivity contribution in [3.8, 4) is 0 Å². The zero-order valence-corrected chi connectivity index (χ0v) is 40.4. The molecule has 0 unspecified atom stereocenters. The summed E-state index contributed by atoms with van der Waals surface area (Å²) in [6.07, 6.45) is 2.64. The summed E-state index contributed by atoms with van der Waals surface area (Å²) < 4.78 is 1.94. The van der Waals surface area contributed by atoms with Crippen molar-refractivity contribution in [2.75, 3.05) is 34.3 Å². The second-order valence-corrected chi connectivity index (χ2v) is 15.1. The maximum absolute atomic E-state index is 11.6. The van der Waals surface area contributed by atoms with Gasteiger partial charge >= 0.3 is 0 Å². The summed E-state index contributed by atoms with van der Waals surface area (Å²) in [6.45, 7) is 21.0. The van der Waals surface area contributed by atoms with Crippen LogP contribution in [-0.2, 0) is 43.2 Å². The van der Waals surface area contributed by atoms with Crippen molar-refractivity contribution in [1.82, 2.24) is 0 Å². The fraction of sp³-hybridized carbons (Fsp3) is 0.425. The minimum atomic E-state index is -0.833. The van der Waals surface area contributed by atoms with E-state index in [-0.39, 0.29) is 23.4 Å². The molecule has 57 heavy (non-hydrogen) atoms. The molecule has 312 valence electrons. The molecular weight excluding hydrogens is 1000 g/mol. The largest absolute Gasteiger partial charge is 0.481 e. The molecule has 6 rings (SSSR count). The van der Waals surface area contributed by atoms with Crippen molar-refractivity contribution >= 4 is 113 Å². The first kappa shape index (κ1) is 51.3. The maximum Gasteiger partial charge on any atom is 0.300 e. The van der Waals surface area contributed by atoms with Crippen molar-refractivity contribution in [3.05, 3.63) is 87.3 Å². The monoisotopic (exact) mass is 1050 g/mol. The minimum absolute atomic E-state index is 0.0372. The average Bonchev–Trinajstić information content (AvgIpc) is 3.85. The van der Waals surface area contributed by atoms with E-state index in [0.717, 1.165) is 66.8 Å². The Balaban J connectivity index is 0.000000384. The molecule has 3 amide bonds. The van der Waals surface area contributed by atoms with Gasteiger partial charge in [0.2, 0.25) is 17.7 Å². The Bertz CT molecular complexity index is 2020. The molecule has 3 aromatic rings. The first-order chi connectivity index (χ1) is 26.4. The number of hydrogen-bond acceptors (Lipinski definition) is 7. The van der Waals surface area contributed by atoms with Gasteiger partial charge in [-0.2, -0.15) is 0 Å². The van der Waals surface area contributed by atoms with Gasteiger partial charge in [-0.1, -0.05) is 22.0 Å². The Morgan fingerprint density at radius 3 is 1.42 bits per heavy atom. The number of aliphatic carboxylic acids is 2. The van der Waals surface area contributed by atoms with Crippen molar-refractivity contribution in [3.63, 3.8) is 0 Å². The predicted octanol–water partition coefficient (Wildman–Crippen LogP) is 9.94. The van der Waals surface area contributed by atoms with E-state index in [4.69, 9.17) is 19.8 Å². The molecule has 3 aromatic carbocycles. The molecule has 3 heterocycles. The van der Waals surface area contributed by atoms with Crippen molar-refractivity contribution in [2.45, 2.75) is 95.4 Å². The number of hydrogen-bond donors (Lipinski definition) is 2. The zero-order valence-electron chi connectivity index (χ0n) is 34.0. The Morgan fingerprint density at radius 2 is 0.982 bits per heavy atom. The van der Waals surface area contributed by atoms with Crippen LogP contribution in [0.15, 0.2) is 27.1 Å². The first-order valence-corrected chi connectivity index (χ1v) is 23.0. The van der Waals surface area contributed by atoms with E-state index in [1.807, 2.05) is 16.7 Å². The molecule has 3 aliphatic rings.